The molecule has 0 atom stereocenters. The number of Topliss-reactive ketones (excluding diaryl/α,β-unsaturated/α-hetero) is 1. The van der Waals surface area contributed by atoms with Gasteiger partial charge in [-0.3, -0.25) is 9.69 Å². The molecule has 1 fully saturated rings. The Morgan fingerprint density at radius 1 is 1.11 bits per heavy atom. The highest BCUT2D eigenvalue weighted by Gasteiger charge is 2.26. The molecular weight excluding hydrogens is 356 g/mol. The number of nitrogens with zero attached hydrogens (tertiary/aromatic N) is 3. The van der Waals surface area contributed by atoms with Gasteiger partial charge in [0, 0.05) is 36.5 Å². The number of nitrogens with two attached hydrogens (primary N) is 1. The van der Waals surface area contributed by atoms with Gasteiger partial charge in [0.25, 0.3) is 0 Å². The number of anilines is 2. The first-order chi connectivity index (χ1) is 13.1. The van der Waals surface area contributed by atoms with Crippen molar-refractivity contribution in [3.63, 3.8) is 0 Å². The van der Waals surface area contributed by atoms with Crippen molar-refractivity contribution in [1.29, 1.82) is 0 Å². The number of benzene rings is 1. The van der Waals surface area contributed by atoms with E-state index in [1.807, 2.05) is 6.07 Å². The van der Waals surface area contributed by atoms with Crippen molar-refractivity contribution in [2.75, 3.05) is 30.3 Å². The summed E-state index contributed by atoms with van der Waals surface area (Å²) in [4.78, 5) is 21.6. The Labute approximate surface area is 166 Å². The number of fused-ring (bicyclic) bond motifs is 1. The molecule has 0 spiro atoms. The lowest BCUT2D eigenvalue weighted by atomic mass is 10.0. The number of carbonyl (C=O) groups excluding carboxylic acids is 1. The molecular formula is C21H26N4OS. The maximum Gasteiger partial charge on any atom is 0.156 e. The van der Waals surface area contributed by atoms with Crippen LogP contribution in [0.5, 0.6) is 0 Å². The molecule has 2 aliphatic heterocycles. The smallest absolute Gasteiger partial charge is 0.156 e. The van der Waals surface area contributed by atoms with Gasteiger partial charge in [0.15, 0.2) is 5.78 Å². The van der Waals surface area contributed by atoms with Crippen molar-refractivity contribution >= 4 is 29.9 Å². The monoisotopic (exact) mass is 382 g/mol. The highest BCUT2D eigenvalue weighted by Crippen LogP contribution is 2.31. The van der Waals surface area contributed by atoms with Crippen molar-refractivity contribution in [3.05, 3.63) is 52.7 Å². The van der Waals surface area contributed by atoms with Gasteiger partial charge in [-0.2, -0.15) is 12.6 Å². The molecule has 0 aliphatic carbocycles. The Hall–Kier alpha value is -2.05. The predicted octanol–water partition coefficient (Wildman–Crippen LogP) is 2.82. The number of rotatable bonds is 5. The van der Waals surface area contributed by atoms with Gasteiger partial charge in [-0.05, 0) is 43.1 Å². The minimum Gasteiger partial charge on any atom is -0.398 e. The van der Waals surface area contributed by atoms with E-state index in [2.05, 4.69) is 46.7 Å². The first-order valence-corrected chi connectivity index (χ1v) is 10.2. The van der Waals surface area contributed by atoms with Crippen LogP contribution in [0.2, 0.25) is 0 Å². The Bertz CT molecular complexity index is 848. The highest BCUT2D eigenvalue weighted by atomic mass is 32.1. The maximum atomic E-state index is 12.3. The van der Waals surface area contributed by atoms with Gasteiger partial charge in [-0.25, -0.2) is 4.98 Å². The molecule has 0 radical (unpaired) electrons. The van der Waals surface area contributed by atoms with E-state index in [-0.39, 0.29) is 5.78 Å². The second kappa shape index (κ2) is 7.90. The summed E-state index contributed by atoms with van der Waals surface area (Å²) in [6, 6.07) is 10.5. The topological polar surface area (TPSA) is 62.5 Å². The number of aromatic nitrogens is 1. The van der Waals surface area contributed by atoms with Crippen LogP contribution in [0.25, 0.3) is 0 Å². The molecule has 1 aromatic carbocycles. The second-order valence-electron chi connectivity index (χ2n) is 7.54. The number of pyridine rings is 1. The molecule has 2 N–H and O–H groups in total. The quantitative estimate of drug-likeness (QED) is 0.779. The third kappa shape index (κ3) is 4.12. The van der Waals surface area contributed by atoms with Crippen molar-refractivity contribution in [2.45, 2.75) is 38.1 Å². The number of thiol groups is 1. The van der Waals surface area contributed by atoms with Crippen LogP contribution < -0.4 is 10.6 Å². The van der Waals surface area contributed by atoms with Crippen molar-refractivity contribution < 1.29 is 4.79 Å². The normalized spacial score (nSPS) is 17.4. The van der Waals surface area contributed by atoms with Crippen LogP contribution in [0.15, 0.2) is 30.3 Å². The Kier molecular flexibility index (Phi) is 5.36. The summed E-state index contributed by atoms with van der Waals surface area (Å²) in [6.45, 7) is 4.42. The number of ketones is 1. The van der Waals surface area contributed by atoms with E-state index in [1.54, 1.807) is 0 Å². The first-order valence-electron chi connectivity index (χ1n) is 9.58. The van der Waals surface area contributed by atoms with Crippen LogP contribution in [0.1, 0.15) is 35.2 Å². The van der Waals surface area contributed by atoms with Crippen LogP contribution in [-0.4, -0.2) is 35.3 Å². The van der Waals surface area contributed by atoms with E-state index in [0.29, 0.717) is 31.0 Å². The van der Waals surface area contributed by atoms with Gasteiger partial charge in [0.1, 0.15) is 5.82 Å². The van der Waals surface area contributed by atoms with E-state index in [0.717, 1.165) is 23.6 Å². The standard InChI is InChI=1S/C21H26N4OS/c22-20-9-17(14-27)23-21-19(20)10-18(26)13-25(21)12-16-5-3-4-15(8-16)11-24-6-1-2-7-24/h3-5,8-9,27H,1-2,6-7,10-14H2,(H2,22,23). The molecule has 0 saturated carbocycles. The van der Waals surface area contributed by atoms with E-state index < -0.39 is 0 Å². The average molecular weight is 383 g/mol. The minimum atomic E-state index is 0.183. The van der Waals surface area contributed by atoms with Gasteiger partial charge < -0.3 is 10.6 Å². The van der Waals surface area contributed by atoms with E-state index >= 15 is 0 Å². The Morgan fingerprint density at radius 2 is 1.85 bits per heavy atom. The SMILES string of the molecule is Nc1cc(CS)nc2c1CC(=O)CN2Cc1cccc(CN2CCCC2)c1. The lowest BCUT2D eigenvalue weighted by Gasteiger charge is -2.30. The van der Waals surface area contributed by atoms with E-state index in [9.17, 15) is 4.79 Å². The lowest BCUT2D eigenvalue weighted by Crippen LogP contribution is -2.36. The maximum absolute atomic E-state index is 12.3. The largest absolute Gasteiger partial charge is 0.398 e. The van der Waals surface area contributed by atoms with Crippen LogP contribution in [0, 0.1) is 0 Å². The van der Waals surface area contributed by atoms with Crippen LogP contribution >= 0.6 is 12.6 Å². The van der Waals surface area contributed by atoms with Gasteiger partial charge >= 0.3 is 0 Å². The minimum absolute atomic E-state index is 0.183. The van der Waals surface area contributed by atoms with Gasteiger partial charge in [-0.15, -0.1) is 0 Å². The second-order valence-corrected chi connectivity index (χ2v) is 7.85. The van der Waals surface area contributed by atoms with Crippen molar-refractivity contribution in [2.24, 2.45) is 0 Å². The fourth-order valence-corrected chi connectivity index (χ4v) is 4.23. The van der Waals surface area contributed by atoms with E-state index in [1.165, 1.54) is 37.1 Å². The van der Waals surface area contributed by atoms with Crippen LogP contribution in [0.3, 0.4) is 0 Å². The summed E-state index contributed by atoms with van der Waals surface area (Å²) in [5, 5.41) is 0. The summed E-state index contributed by atoms with van der Waals surface area (Å²) < 4.78 is 0. The summed E-state index contributed by atoms with van der Waals surface area (Å²) >= 11 is 4.33. The Balaban J connectivity index is 1.58. The molecule has 142 valence electrons. The number of nitrogen functional groups attached to an aromatic ring is 1. The van der Waals surface area contributed by atoms with Gasteiger partial charge in [0.2, 0.25) is 0 Å². The molecule has 2 aliphatic rings. The fourth-order valence-electron chi connectivity index (χ4n) is 4.07. The fraction of sp³-hybridized carbons (Fsp3) is 0.429. The number of hydrogen-bond acceptors (Lipinski definition) is 6. The predicted molar refractivity (Wildman–Crippen MR) is 112 cm³/mol. The van der Waals surface area contributed by atoms with Crippen molar-refractivity contribution in [3.8, 4) is 0 Å². The van der Waals surface area contributed by atoms with Crippen molar-refractivity contribution in [1.82, 2.24) is 9.88 Å². The number of hydrogen-bond donors (Lipinski definition) is 2. The summed E-state index contributed by atoms with van der Waals surface area (Å²) in [5.74, 6) is 1.55. The first kappa shape index (κ1) is 18.3. The van der Waals surface area contributed by atoms with Crippen LogP contribution in [-0.2, 0) is 30.1 Å². The molecule has 0 amide bonds. The summed E-state index contributed by atoms with van der Waals surface area (Å²) in [5.41, 5.74) is 11.1. The average Bonchev–Trinajstić information content (AvgIpc) is 3.15. The molecule has 2 aromatic rings. The Morgan fingerprint density at radius 3 is 2.59 bits per heavy atom. The van der Waals surface area contributed by atoms with Crippen LogP contribution in [0.4, 0.5) is 11.5 Å². The third-order valence-corrected chi connectivity index (χ3v) is 5.69. The molecule has 6 heteroatoms. The number of carbonyl (C=O) groups is 1. The molecule has 1 aromatic heterocycles. The zero-order valence-corrected chi connectivity index (χ0v) is 16.4. The molecule has 0 bridgehead atoms. The lowest BCUT2D eigenvalue weighted by molar-refractivity contribution is -0.117. The molecule has 1 saturated heterocycles. The van der Waals surface area contributed by atoms with Gasteiger partial charge in [-0.1, -0.05) is 24.3 Å². The molecule has 3 heterocycles. The highest BCUT2D eigenvalue weighted by molar-refractivity contribution is 7.79. The van der Waals surface area contributed by atoms with Gasteiger partial charge in [0.05, 0.1) is 12.2 Å². The summed E-state index contributed by atoms with van der Waals surface area (Å²) in [6.07, 6.45) is 2.96. The zero-order chi connectivity index (χ0) is 18.8. The van der Waals surface area contributed by atoms with E-state index in [4.69, 9.17) is 10.7 Å². The molecule has 0 unspecified atom stereocenters. The molecule has 5 nitrogen and oxygen atoms in total. The summed E-state index contributed by atoms with van der Waals surface area (Å²) in [7, 11) is 0. The molecule has 4 rings (SSSR count). The number of likely N-dealkylation sites (tertiary alicyclic amines) is 1. The third-order valence-electron chi connectivity index (χ3n) is 5.36. The zero-order valence-electron chi connectivity index (χ0n) is 15.5. The molecule has 27 heavy (non-hydrogen) atoms.